The molecule has 0 aliphatic carbocycles. The normalized spacial score (nSPS) is 10.9. The summed E-state index contributed by atoms with van der Waals surface area (Å²) in [6.45, 7) is 6.10. The number of hydrazone groups is 1. The van der Waals surface area contributed by atoms with E-state index in [1.165, 1.54) is 30.5 Å². The number of fused-ring (bicyclic) bond motifs is 1. The van der Waals surface area contributed by atoms with Gasteiger partial charge in [0, 0.05) is 17.5 Å². The van der Waals surface area contributed by atoms with Gasteiger partial charge in [0.1, 0.15) is 12.2 Å². The van der Waals surface area contributed by atoms with Crippen molar-refractivity contribution in [3.05, 3.63) is 75.5 Å². The number of halogens is 1. The van der Waals surface area contributed by atoms with Crippen LogP contribution in [0.2, 0.25) is 5.02 Å². The Morgan fingerprint density at radius 3 is 2.84 bits per heavy atom. The second-order valence-corrected chi connectivity index (χ2v) is 6.56. The molecule has 1 aromatic heterocycles. The highest BCUT2D eigenvalue weighted by Crippen LogP contribution is 2.36. The summed E-state index contributed by atoms with van der Waals surface area (Å²) < 4.78 is 16.5. The second kappa shape index (κ2) is 9.77. The second-order valence-electron chi connectivity index (χ2n) is 6.15. The van der Waals surface area contributed by atoms with Crippen molar-refractivity contribution < 1.29 is 23.6 Å². The highest BCUT2D eigenvalue weighted by atomic mass is 35.5. The molecule has 2 aromatic carbocycles. The van der Waals surface area contributed by atoms with Gasteiger partial charge in [0.2, 0.25) is 0 Å². The number of carbonyl (C=O) groups is 1. The molecule has 9 nitrogen and oxygen atoms in total. The van der Waals surface area contributed by atoms with Gasteiger partial charge in [-0.05, 0) is 36.8 Å². The van der Waals surface area contributed by atoms with E-state index >= 15 is 0 Å². The molecule has 0 fully saturated rings. The van der Waals surface area contributed by atoms with Crippen LogP contribution in [0.4, 0.5) is 5.69 Å². The van der Waals surface area contributed by atoms with Gasteiger partial charge in [-0.1, -0.05) is 24.3 Å². The third-order valence-electron chi connectivity index (χ3n) is 3.99. The smallest absolute Gasteiger partial charge is 0.307 e. The largest absolute Gasteiger partial charge is 0.490 e. The van der Waals surface area contributed by atoms with Crippen molar-refractivity contribution in [2.75, 3.05) is 13.2 Å². The minimum atomic E-state index is -0.614. The van der Waals surface area contributed by atoms with Gasteiger partial charge in [0.25, 0.3) is 5.69 Å². The highest BCUT2D eigenvalue weighted by molar-refractivity contribution is 6.32. The Morgan fingerprint density at radius 2 is 2.13 bits per heavy atom. The van der Waals surface area contributed by atoms with Crippen LogP contribution in [-0.2, 0) is 0 Å². The van der Waals surface area contributed by atoms with E-state index in [0.29, 0.717) is 39.7 Å². The number of rotatable bonds is 9. The first-order valence-electron chi connectivity index (χ1n) is 9.14. The van der Waals surface area contributed by atoms with Crippen molar-refractivity contribution in [3.8, 4) is 11.5 Å². The SMILES string of the molecule is C=CCOc1c(Cl)cc(/C=N/NC(=O)c2cc3cc([N+](=O)[O-])ccc3o2)cc1OCC. The third kappa shape index (κ3) is 5.20. The first-order chi connectivity index (χ1) is 14.9. The molecule has 160 valence electrons. The predicted octanol–water partition coefficient (Wildman–Crippen LogP) is 4.72. The van der Waals surface area contributed by atoms with Crippen molar-refractivity contribution in [3.63, 3.8) is 0 Å². The molecule has 1 amide bonds. The number of nitro groups is 1. The molecule has 0 aliphatic heterocycles. The van der Waals surface area contributed by atoms with Gasteiger partial charge in [0.15, 0.2) is 17.3 Å². The standard InChI is InChI=1S/C21H18ClN3O6/c1-3-7-30-20-16(22)8-13(9-18(20)29-4-2)12-23-24-21(26)19-11-14-10-15(25(27)28)5-6-17(14)31-19/h3,5-6,8-12H,1,4,7H2,2H3,(H,24,26)/b23-12+. The van der Waals surface area contributed by atoms with Crippen LogP contribution in [0.1, 0.15) is 23.0 Å². The lowest BCUT2D eigenvalue weighted by molar-refractivity contribution is -0.384. The average molecular weight is 444 g/mol. The molecule has 0 saturated heterocycles. The van der Waals surface area contributed by atoms with E-state index in [9.17, 15) is 14.9 Å². The van der Waals surface area contributed by atoms with Gasteiger partial charge in [-0.15, -0.1) is 0 Å². The molecule has 3 aromatic rings. The zero-order chi connectivity index (χ0) is 22.4. The number of furan rings is 1. The van der Waals surface area contributed by atoms with Crippen LogP contribution in [0.15, 0.2) is 58.6 Å². The van der Waals surface area contributed by atoms with Crippen molar-refractivity contribution in [2.24, 2.45) is 5.10 Å². The first kappa shape index (κ1) is 21.8. The average Bonchev–Trinajstić information content (AvgIpc) is 3.17. The van der Waals surface area contributed by atoms with E-state index in [4.69, 9.17) is 25.5 Å². The zero-order valence-electron chi connectivity index (χ0n) is 16.5. The maximum atomic E-state index is 12.3. The van der Waals surface area contributed by atoms with Gasteiger partial charge >= 0.3 is 5.91 Å². The Labute approximate surface area is 182 Å². The van der Waals surface area contributed by atoms with E-state index < -0.39 is 10.8 Å². The Kier molecular flexibility index (Phi) is 6.88. The Morgan fingerprint density at radius 1 is 1.32 bits per heavy atom. The molecular weight excluding hydrogens is 426 g/mol. The quantitative estimate of drug-likeness (QED) is 0.221. The number of nitro benzene ring substituents is 1. The minimum absolute atomic E-state index is 0.0335. The van der Waals surface area contributed by atoms with E-state index in [1.807, 2.05) is 6.92 Å². The van der Waals surface area contributed by atoms with Crippen LogP contribution in [0.25, 0.3) is 11.0 Å². The fourth-order valence-corrected chi connectivity index (χ4v) is 2.96. The Hall–Kier alpha value is -3.85. The third-order valence-corrected chi connectivity index (χ3v) is 4.27. The van der Waals surface area contributed by atoms with Crippen molar-refractivity contribution >= 4 is 40.4 Å². The molecule has 0 spiro atoms. The number of hydrogen-bond donors (Lipinski definition) is 1. The number of carbonyl (C=O) groups excluding carboxylic acids is 1. The van der Waals surface area contributed by atoms with Gasteiger partial charge in [0.05, 0.1) is 22.8 Å². The summed E-state index contributed by atoms with van der Waals surface area (Å²) in [5, 5.41) is 15.5. The lowest BCUT2D eigenvalue weighted by Gasteiger charge is -2.13. The molecule has 10 heteroatoms. The number of ether oxygens (including phenoxy) is 2. The van der Waals surface area contributed by atoms with E-state index in [1.54, 1.807) is 18.2 Å². The fraction of sp³-hybridized carbons (Fsp3) is 0.143. The number of nitrogens with zero attached hydrogens (tertiary/aromatic N) is 2. The molecule has 31 heavy (non-hydrogen) atoms. The van der Waals surface area contributed by atoms with E-state index in [-0.39, 0.29) is 18.1 Å². The molecule has 0 unspecified atom stereocenters. The van der Waals surface area contributed by atoms with Crippen LogP contribution in [0, 0.1) is 10.1 Å². The van der Waals surface area contributed by atoms with Crippen molar-refractivity contribution in [2.45, 2.75) is 6.92 Å². The Balaban J connectivity index is 1.75. The topological polar surface area (TPSA) is 116 Å². The van der Waals surface area contributed by atoms with Crippen LogP contribution in [-0.4, -0.2) is 30.3 Å². The number of benzene rings is 2. The zero-order valence-corrected chi connectivity index (χ0v) is 17.2. The molecule has 0 atom stereocenters. The molecular formula is C21H18ClN3O6. The summed E-state index contributed by atoms with van der Waals surface area (Å²) in [5.41, 5.74) is 3.16. The molecule has 0 radical (unpaired) electrons. The summed E-state index contributed by atoms with van der Waals surface area (Å²) in [6.07, 6.45) is 2.98. The maximum absolute atomic E-state index is 12.3. The molecule has 0 bridgehead atoms. The minimum Gasteiger partial charge on any atom is -0.490 e. The summed E-state index contributed by atoms with van der Waals surface area (Å²) in [6, 6.07) is 8.74. The molecule has 0 saturated carbocycles. The van der Waals surface area contributed by atoms with Gasteiger partial charge < -0.3 is 13.9 Å². The summed E-state index contributed by atoms with van der Waals surface area (Å²) in [7, 11) is 0. The maximum Gasteiger partial charge on any atom is 0.307 e. The number of non-ortho nitro benzene ring substituents is 1. The van der Waals surface area contributed by atoms with Crippen molar-refractivity contribution in [1.82, 2.24) is 5.43 Å². The van der Waals surface area contributed by atoms with Crippen molar-refractivity contribution in [1.29, 1.82) is 0 Å². The molecule has 3 rings (SSSR count). The van der Waals surface area contributed by atoms with Crippen LogP contribution in [0.5, 0.6) is 11.5 Å². The van der Waals surface area contributed by atoms with Gasteiger partial charge in [-0.3, -0.25) is 14.9 Å². The lowest BCUT2D eigenvalue weighted by atomic mass is 10.2. The van der Waals surface area contributed by atoms with Crippen LogP contribution in [0.3, 0.4) is 0 Å². The van der Waals surface area contributed by atoms with Crippen LogP contribution < -0.4 is 14.9 Å². The van der Waals surface area contributed by atoms with Crippen LogP contribution >= 0.6 is 11.6 Å². The first-order valence-corrected chi connectivity index (χ1v) is 9.52. The molecule has 1 N–H and O–H groups in total. The molecule has 1 heterocycles. The van der Waals surface area contributed by atoms with E-state index in [0.717, 1.165) is 0 Å². The molecule has 0 aliphatic rings. The summed E-state index contributed by atoms with van der Waals surface area (Å²) in [5.74, 6) is 0.176. The summed E-state index contributed by atoms with van der Waals surface area (Å²) in [4.78, 5) is 22.6. The summed E-state index contributed by atoms with van der Waals surface area (Å²) >= 11 is 6.27. The highest BCUT2D eigenvalue weighted by Gasteiger charge is 2.15. The fourth-order valence-electron chi connectivity index (χ4n) is 2.68. The lowest BCUT2D eigenvalue weighted by Crippen LogP contribution is -2.16. The van der Waals surface area contributed by atoms with E-state index in [2.05, 4.69) is 17.1 Å². The number of amides is 1. The predicted molar refractivity (Wildman–Crippen MR) is 116 cm³/mol. The number of nitrogens with one attached hydrogen (secondary N) is 1. The number of hydrogen-bond acceptors (Lipinski definition) is 7. The monoisotopic (exact) mass is 443 g/mol. The van der Waals surface area contributed by atoms with Gasteiger partial charge in [-0.25, -0.2) is 5.43 Å². The Bertz CT molecular complexity index is 1170. The van der Waals surface area contributed by atoms with Gasteiger partial charge in [-0.2, -0.15) is 5.10 Å².